The van der Waals surface area contributed by atoms with E-state index in [1.807, 2.05) is 13.8 Å². The lowest BCUT2D eigenvalue weighted by Crippen LogP contribution is -2.46. The van der Waals surface area contributed by atoms with Crippen molar-refractivity contribution >= 4 is 23.5 Å². The van der Waals surface area contributed by atoms with Crippen molar-refractivity contribution in [2.45, 2.75) is 19.9 Å². The molecule has 2 N–H and O–H groups in total. The van der Waals surface area contributed by atoms with Crippen LogP contribution in [0.2, 0.25) is 0 Å². The van der Waals surface area contributed by atoms with Gasteiger partial charge in [0.2, 0.25) is 5.91 Å². The topological polar surface area (TPSA) is 95.9 Å². The number of carboxylic acids is 1. The predicted octanol–water partition coefficient (Wildman–Crippen LogP) is 0.635. The number of ether oxygens (including phenoxy) is 1. The minimum Gasteiger partial charge on any atom is -0.482 e. The molecule has 0 aliphatic carbocycles. The van der Waals surface area contributed by atoms with E-state index in [0.29, 0.717) is 11.4 Å². The van der Waals surface area contributed by atoms with Gasteiger partial charge >= 0.3 is 5.97 Å². The molecule has 1 aliphatic rings. The summed E-state index contributed by atoms with van der Waals surface area (Å²) in [5, 5.41) is 11.7. The smallest absolute Gasteiger partial charge is 0.335 e. The third kappa shape index (κ3) is 3.31. The van der Waals surface area contributed by atoms with Gasteiger partial charge in [-0.1, -0.05) is 0 Å². The zero-order chi connectivity index (χ0) is 15.6. The first kappa shape index (κ1) is 14.8. The minimum absolute atomic E-state index is 0.0290. The molecule has 1 aromatic rings. The highest BCUT2D eigenvalue weighted by Gasteiger charge is 2.28. The second-order valence-electron chi connectivity index (χ2n) is 4.98. The zero-order valence-corrected chi connectivity index (χ0v) is 11.8. The summed E-state index contributed by atoms with van der Waals surface area (Å²) in [4.78, 5) is 36.0. The molecule has 0 spiro atoms. The van der Waals surface area contributed by atoms with Crippen molar-refractivity contribution in [3.63, 3.8) is 0 Å². The Balaban J connectivity index is 2.30. The third-order valence-electron chi connectivity index (χ3n) is 2.90. The molecule has 0 saturated carbocycles. The maximum absolute atomic E-state index is 11.9. The van der Waals surface area contributed by atoms with Gasteiger partial charge in [0.05, 0.1) is 11.3 Å². The molecule has 0 bridgehead atoms. The molecule has 0 aromatic heterocycles. The van der Waals surface area contributed by atoms with Gasteiger partial charge < -0.3 is 15.2 Å². The van der Waals surface area contributed by atoms with Crippen molar-refractivity contribution in [2.24, 2.45) is 0 Å². The average Bonchev–Trinajstić information content (AvgIpc) is 2.40. The Morgan fingerprint density at radius 1 is 1.43 bits per heavy atom. The Kier molecular flexibility index (Phi) is 4.11. The third-order valence-corrected chi connectivity index (χ3v) is 2.90. The van der Waals surface area contributed by atoms with Gasteiger partial charge in [0.15, 0.2) is 6.61 Å². The summed E-state index contributed by atoms with van der Waals surface area (Å²) in [7, 11) is 0. The van der Waals surface area contributed by atoms with E-state index in [-0.39, 0.29) is 36.6 Å². The van der Waals surface area contributed by atoms with E-state index in [9.17, 15) is 14.4 Å². The first-order valence-corrected chi connectivity index (χ1v) is 6.48. The van der Waals surface area contributed by atoms with Crippen LogP contribution < -0.4 is 15.0 Å². The minimum atomic E-state index is -1.11. The lowest BCUT2D eigenvalue weighted by atomic mass is 10.1. The average molecular weight is 292 g/mol. The maximum Gasteiger partial charge on any atom is 0.335 e. The highest BCUT2D eigenvalue weighted by atomic mass is 16.5. The molecule has 7 heteroatoms. The molecule has 0 unspecified atom stereocenters. The van der Waals surface area contributed by atoms with Gasteiger partial charge in [-0.05, 0) is 32.0 Å². The predicted molar refractivity (Wildman–Crippen MR) is 74.5 cm³/mol. The number of hydrogen-bond donors (Lipinski definition) is 2. The standard InChI is InChI=1S/C14H16N2O5/c1-8(2)15-12(17)6-16-10-5-9(14(19)20)3-4-11(10)21-7-13(16)18/h3-5,8H,6-7H2,1-2H3,(H,15,17)(H,19,20). The van der Waals surface area contributed by atoms with Crippen molar-refractivity contribution in [1.82, 2.24) is 5.32 Å². The Hall–Kier alpha value is -2.57. The van der Waals surface area contributed by atoms with E-state index in [4.69, 9.17) is 9.84 Å². The van der Waals surface area contributed by atoms with Gasteiger partial charge in [-0.3, -0.25) is 14.5 Å². The summed E-state index contributed by atoms with van der Waals surface area (Å²) < 4.78 is 5.25. The van der Waals surface area contributed by atoms with Gasteiger partial charge in [0, 0.05) is 6.04 Å². The van der Waals surface area contributed by atoms with Crippen molar-refractivity contribution in [3.8, 4) is 5.75 Å². The molecule has 1 heterocycles. The van der Waals surface area contributed by atoms with Crippen LogP contribution in [0.15, 0.2) is 18.2 Å². The quantitative estimate of drug-likeness (QED) is 0.848. The summed E-state index contributed by atoms with van der Waals surface area (Å²) in [5.41, 5.74) is 0.325. The number of fused-ring (bicyclic) bond motifs is 1. The molecular weight excluding hydrogens is 276 g/mol. The molecule has 0 radical (unpaired) electrons. The lowest BCUT2D eigenvalue weighted by Gasteiger charge is -2.29. The molecule has 0 fully saturated rings. The molecule has 2 rings (SSSR count). The number of amides is 2. The van der Waals surface area contributed by atoms with Gasteiger partial charge in [-0.2, -0.15) is 0 Å². The highest BCUT2D eigenvalue weighted by Crippen LogP contribution is 2.32. The lowest BCUT2D eigenvalue weighted by molar-refractivity contribution is -0.125. The summed E-state index contributed by atoms with van der Waals surface area (Å²) in [6.45, 7) is 3.29. The second kappa shape index (κ2) is 5.82. The van der Waals surface area contributed by atoms with E-state index >= 15 is 0 Å². The fourth-order valence-corrected chi connectivity index (χ4v) is 2.02. The summed E-state index contributed by atoms with van der Waals surface area (Å²) in [6, 6.07) is 4.16. The molecule has 21 heavy (non-hydrogen) atoms. The Bertz CT molecular complexity index is 597. The second-order valence-corrected chi connectivity index (χ2v) is 4.98. The molecule has 1 aromatic carbocycles. The highest BCUT2D eigenvalue weighted by molar-refractivity contribution is 6.03. The monoisotopic (exact) mass is 292 g/mol. The fraction of sp³-hybridized carbons (Fsp3) is 0.357. The number of rotatable bonds is 4. The fourth-order valence-electron chi connectivity index (χ4n) is 2.02. The number of carboxylic acid groups (broad SMARTS) is 1. The number of carbonyl (C=O) groups is 3. The SMILES string of the molecule is CC(C)NC(=O)CN1C(=O)COc2ccc(C(=O)O)cc21. The number of carbonyl (C=O) groups excluding carboxylic acids is 2. The summed E-state index contributed by atoms with van der Waals surface area (Å²) in [5.74, 6) is -1.42. The van der Waals surface area contributed by atoms with Crippen LogP contribution in [-0.2, 0) is 9.59 Å². The largest absolute Gasteiger partial charge is 0.482 e. The Morgan fingerprint density at radius 3 is 2.76 bits per heavy atom. The number of benzene rings is 1. The molecule has 1 aliphatic heterocycles. The summed E-state index contributed by atoms with van der Waals surface area (Å²) >= 11 is 0. The van der Waals surface area contributed by atoms with E-state index in [0.717, 1.165) is 0 Å². The molecule has 112 valence electrons. The van der Waals surface area contributed by atoms with Crippen LogP contribution in [0, 0.1) is 0 Å². The van der Waals surface area contributed by atoms with E-state index in [1.54, 1.807) is 0 Å². The maximum atomic E-state index is 11.9. The van der Waals surface area contributed by atoms with Crippen LogP contribution >= 0.6 is 0 Å². The van der Waals surface area contributed by atoms with Gasteiger partial charge in [-0.15, -0.1) is 0 Å². The number of hydrogen-bond acceptors (Lipinski definition) is 4. The first-order chi connectivity index (χ1) is 9.88. The van der Waals surface area contributed by atoms with Crippen LogP contribution in [0.1, 0.15) is 24.2 Å². The molecule has 0 saturated heterocycles. The molecular formula is C14H16N2O5. The van der Waals surface area contributed by atoms with Gasteiger partial charge in [0.25, 0.3) is 5.91 Å². The van der Waals surface area contributed by atoms with Crippen molar-refractivity contribution in [2.75, 3.05) is 18.1 Å². The van der Waals surface area contributed by atoms with Crippen molar-refractivity contribution < 1.29 is 24.2 Å². The van der Waals surface area contributed by atoms with E-state index < -0.39 is 5.97 Å². The number of nitrogens with zero attached hydrogens (tertiary/aromatic N) is 1. The van der Waals surface area contributed by atoms with Gasteiger partial charge in [0.1, 0.15) is 12.3 Å². The van der Waals surface area contributed by atoms with Crippen molar-refractivity contribution in [1.29, 1.82) is 0 Å². The van der Waals surface area contributed by atoms with E-state index in [2.05, 4.69) is 5.32 Å². The van der Waals surface area contributed by atoms with Crippen LogP contribution in [0.4, 0.5) is 5.69 Å². The van der Waals surface area contributed by atoms with E-state index in [1.165, 1.54) is 23.1 Å². The molecule has 2 amide bonds. The number of nitrogens with one attached hydrogen (secondary N) is 1. The Morgan fingerprint density at radius 2 is 2.14 bits per heavy atom. The molecule has 0 atom stereocenters. The normalized spacial score (nSPS) is 13.7. The first-order valence-electron chi connectivity index (χ1n) is 6.48. The van der Waals surface area contributed by atoms with Crippen LogP contribution in [0.3, 0.4) is 0 Å². The number of aromatic carboxylic acids is 1. The van der Waals surface area contributed by atoms with Crippen LogP contribution in [0.5, 0.6) is 5.75 Å². The Labute approximate surface area is 121 Å². The van der Waals surface area contributed by atoms with Gasteiger partial charge in [-0.25, -0.2) is 4.79 Å². The summed E-state index contributed by atoms with van der Waals surface area (Å²) in [6.07, 6.45) is 0. The molecule has 7 nitrogen and oxygen atoms in total. The zero-order valence-electron chi connectivity index (χ0n) is 11.8. The van der Waals surface area contributed by atoms with Crippen LogP contribution in [0.25, 0.3) is 0 Å². The number of anilines is 1. The van der Waals surface area contributed by atoms with Crippen molar-refractivity contribution in [3.05, 3.63) is 23.8 Å². The van der Waals surface area contributed by atoms with Crippen LogP contribution in [-0.4, -0.2) is 42.1 Å².